The van der Waals surface area contributed by atoms with Gasteiger partial charge in [0.05, 0.1) is 28.7 Å². The zero-order valence-corrected chi connectivity index (χ0v) is 13.9. The Labute approximate surface area is 130 Å². The molecule has 2 aliphatic rings. The van der Waals surface area contributed by atoms with Gasteiger partial charge in [0.1, 0.15) is 0 Å². The summed E-state index contributed by atoms with van der Waals surface area (Å²) in [5.41, 5.74) is 1.15. The maximum atomic E-state index is 12.5. The van der Waals surface area contributed by atoms with Crippen LogP contribution in [0.3, 0.4) is 0 Å². The summed E-state index contributed by atoms with van der Waals surface area (Å²) in [6.07, 6.45) is 1.14. The number of nitrogens with zero attached hydrogens (tertiary/aromatic N) is 3. The van der Waals surface area contributed by atoms with Crippen molar-refractivity contribution in [2.45, 2.75) is 24.8 Å². The molecule has 0 radical (unpaired) electrons. The third-order valence-corrected chi connectivity index (χ3v) is 5.34. The number of benzene rings is 1. The minimum absolute atomic E-state index is 0.161. The third kappa shape index (κ3) is 2.11. The molecule has 0 N–H and O–H groups in total. The number of sulfone groups is 1. The molecule has 0 aliphatic carbocycles. The summed E-state index contributed by atoms with van der Waals surface area (Å²) in [4.78, 5) is 20.7. The smallest absolute Gasteiger partial charge is 0.262 e. The molecule has 0 saturated carbocycles. The average Bonchev–Trinajstić information content (AvgIpc) is 2.88. The van der Waals surface area contributed by atoms with Crippen LogP contribution in [0.4, 0.5) is 5.69 Å². The topological polar surface area (TPSA) is 70.0 Å². The van der Waals surface area contributed by atoms with E-state index in [4.69, 9.17) is 0 Å². The van der Waals surface area contributed by atoms with E-state index in [0.717, 1.165) is 11.9 Å². The summed E-state index contributed by atoms with van der Waals surface area (Å²) in [7, 11) is -1.68. The van der Waals surface area contributed by atoms with Crippen LogP contribution in [-0.4, -0.2) is 51.1 Å². The molecule has 6 nitrogen and oxygen atoms in total. The van der Waals surface area contributed by atoms with Crippen molar-refractivity contribution in [3.05, 3.63) is 23.8 Å². The van der Waals surface area contributed by atoms with Gasteiger partial charge in [0.2, 0.25) is 5.96 Å². The summed E-state index contributed by atoms with van der Waals surface area (Å²) in [6.45, 7) is 4.87. The molecular formula is C15H19N3O3S. The van der Waals surface area contributed by atoms with E-state index < -0.39 is 9.84 Å². The highest BCUT2D eigenvalue weighted by Gasteiger charge is 2.41. The van der Waals surface area contributed by atoms with Crippen LogP contribution < -0.4 is 4.90 Å². The van der Waals surface area contributed by atoms with Crippen LogP contribution in [0.1, 0.15) is 24.2 Å². The molecule has 1 amide bonds. The quantitative estimate of drug-likeness (QED) is 0.825. The van der Waals surface area contributed by atoms with Crippen LogP contribution in [0.5, 0.6) is 0 Å². The average molecular weight is 321 g/mol. The number of amides is 1. The van der Waals surface area contributed by atoms with E-state index in [1.165, 1.54) is 11.0 Å². The standard InChI is InChI=1S/C15H19N3O3S/c1-9(2)13-8-16-15-17(3)14(19)11-7-10(22(4,20)21)5-6-12(11)18(13)15/h5-7,9,13H,8H2,1-4H3. The minimum atomic E-state index is -3.35. The molecule has 1 atom stereocenters. The Hall–Kier alpha value is -1.89. The number of hydrogen-bond acceptors (Lipinski definition) is 5. The van der Waals surface area contributed by atoms with E-state index in [1.807, 2.05) is 4.90 Å². The zero-order valence-electron chi connectivity index (χ0n) is 13.1. The monoisotopic (exact) mass is 321 g/mol. The largest absolute Gasteiger partial charge is 0.306 e. The Balaban J connectivity index is 2.19. The molecule has 2 heterocycles. The number of aliphatic imine (C=N–C) groups is 1. The first kappa shape index (κ1) is 15.0. The van der Waals surface area contributed by atoms with Crippen molar-refractivity contribution < 1.29 is 13.2 Å². The van der Waals surface area contributed by atoms with Gasteiger partial charge in [-0.1, -0.05) is 13.8 Å². The van der Waals surface area contributed by atoms with Gasteiger partial charge >= 0.3 is 0 Å². The van der Waals surface area contributed by atoms with Crippen molar-refractivity contribution in [1.82, 2.24) is 4.90 Å². The highest BCUT2D eigenvalue weighted by Crippen LogP contribution is 2.35. The molecule has 118 valence electrons. The maximum absolute atomic E-state index is 12.5. The van der Waals surface area contributed by atoms with Crippen LogP contribution in [0.2, 0.25) is 0 Å². The lowest BCUT2D eigenvalue weighted by Crippen LogP contribution is -2.52. The van der Waals surface area contributed by atoms with Gasteiger partial charge in [0, 0.05) is 13.3 Å². The van der Waals surface area contributed by atoms with Crippen LogP contribution in [0, 0.1) is 5.92 Å². The van der Waals surface area contributed by atoms with E-state index in [-0.39, 0.29) is 16.8 Å². The lowest BCUT2D eigenvalue weighted by molar-refractivity contribution is 0.0864. The molecular weight excluding hydrogens is 302 g/mol. The zero-order chi connectivity index (χ0) is 16.2. The number of rotatable bonds is 2. The molecule has 2 aliphatic heterocycles. The fourth-order valence-electron chi connectivity index (χ4n) is 2.94. The van der Waals surface area contributed by atoms with E-state index in [1.54, 1.807) is 19.2 Å². The van der Waals surface area contributed by atoms with Crippen LogP contribution in [0.15, 0.2) is 28.1 Å². The summed E-state index contributed by atoms with van der Waals surface area (Å²) in [6, 6.07) is 4.91. The second kappa shape index (κ2) is 4.81. The highest BCUT2D eigenvalue weighted by atomic mass is 32.2. The van der Waals surface area contributed by atoms with Gasteiger partial charge in [-0.2, -0.15) is 0 Å². The minimum Gasteiger partial charge on any atom is -0.306 e. The molecule has 1 unspecified atom stereocenters. The fraction of sp³-hybridized carbons (Fsp3) is 0.467. The van der Waals surface area contributed by atoms with E-state index in [9.17, 15) is 13.2 Å². The molecule has 0 bridgehead atoms. The third-order valence-electron chi connectivity index (χ3n) is 4.23. The lowest BCUT2D eigenvalue weighted by atomic mass is 10.0. The van der Waals surface area contributed by atoms with Gasteiger partial charge in [0.25, 0.3) is 5.91 Å². The van der Waals surface area contributed by atoms with Gasteiger partial charge in [0.15, 0.2) is 9.84 Å². The van der Waals surface area contributed by atoms with E-state index in [0.29, 0.717) is 24.0 Å². The summed E-state index contributed by atoms with van der Waals surface area (Å²) in [5, 5.41) is 0. The summed E-state index contributed by atoms with van der Waals surface area (Å²) in [5.74, 6) is 0.786. The Morgan fingerprint density at radius 3 is 2.59 bits per heavy atom. The van der Waals surface area contributed by atoms with Crippen molar-refractivity contribution >= 4 is 27.4 Å². The van der Waals surface area contributed by atoms with Gasteiger partial charge in [-0.3, -0.25) is 14.7 Å². The van der Waals surface area contributed by atoms with Gasteiger partial charge in [-0.05, 0) is 24.1 Å². The predicted octanol–water partition coefficient (Wildman–Crippen LogP) is 1.38. The van der Waals surface area contributed by atoms with Crippen LogP contribution >= 0.6 is 0 Å². The molecule has 1 aromatic carbocycles. The predicted molar refractivity (Wildman–Crippen MR) is 85.1 cm³/mol. The van der Waals surface area contributed by atoms with Crippen LogP contribution in [0.25, 0.3) is 0 Å². The Morgan fingerprint density at radius 2 is 2.00 bits per heavy atom. The SMILES string of the molecule is CC(C)C1CN=C2N(C)C(=O)c3cc(S(C)(=O)=O)ccc3N21. The second-order valence-corrected chi connectivity index (χ2v) is 8.15. The fourth-order valence-corrected chi connectivity index (χ4v) is 3.59. The first-order valence-corrected chi connectivity index (χ1v) is 9.07. The Kier molecular flexibility index (Phi) is 3.28. The highest BCUT2D eigenvalue weighted by molar-refractivity contribution is 7.90. The number of carbonyl (C=O) groups excluding carboxylic acids is 1. The molecule has 22 heavy (non-hydrogen) atoms. The molecule has 1 aromatic rings. The molecule has 0 aromatic heterocycles. The first-order valence-electron chi connectivity index (χ1n) is 7.17. The van der Waals surface area contributed by atoms with Crippen molar-refractivity contribution in [3.63, 3.8) is 0 Å². The lowest BCUT2D eigenvalue weighted by Gasteiger charge is -2.38. The summed E-state index contributed by atoms with van der Waals surface area (Å²) < 4.78 is 23.5. The van der Waals surface area contributed by atoms with Crippen molar-refractivity contribution in [3.8, 4) is 0 Å². The first-order chi connectivity index (χ1) is 10.2. The summed E-state index contributed by atoms with van der Waals surface area (Å²) >= 11 is 0. The van der Waals surface area contributed by atoms with E-state index >= 15 is 0 Å². The Morgan fingerprint density at radius 1 is 1.32 bits per heavy atom. The van der Waals surface area contributed by atoms with Crippen molar-refractivity contribution in [1.29, 1.82) is 0 Å². The van der Waals surface area contributed by atoms with Crippen molar-refractivity contribution in [2.75, 3.05) is 24.7 Å². The molecule has 0 fully saturated rings. The van der Waals surface area contributed by atoms with Gasteiger partial charge < -0.3 is 4.90 Å². The number of anilines is 1. The number of carbonyl (C=O) groups is 1. The van der Waals surface area contributed by atoms with Gasteiger partial charge in [-0.25, -0.2) is 8.42 Å². The molecule has 0 saturated heterocycles. The number of guanidine groups is 1. The normalized spacial score (nSPS) is 21.0. The van der Waals surface area contributed by atoms with E-state index in [2.05, 4.69) is 18.8 Å². The maximum Gasteiger partial charge on any atom is 0.262 e. The second-order valence-electron chi connectivity index (χ2n) is 6.14. The molecule has 0 spiro atoms. The molecule has 7 heteroatoms. The Bertz CT molecular complexity index is 783. The number of hydrogen-bond donors (Lipinski definition) is 0. The van der Waals surface area contributed by atoms with Crippen LogP contribution in [-0.2, 0) is 9.84 Å². The van der Waals surface area contributed by atoms with Crippen molar-refractivity contribution in [2.24, 2.45) is 10.9 Å². The molecule has 3 rings (SSSR count). The number of fused-ring (bicyclic) bond motifs is 3. The van der Waals surface area contributed by atoms with Gasteiger partial charge in [-0.15, -0.1) is 0 Å².